The van der Waals surface area contributed by atoms with Gasteiger partial charge in [-0.25, -0.2) is 4.98 Å². The van der Waals surface area contributed by atoms with Crippen molar-refractivity contribution in [3.05, 3.63) is 68.9 Å². The number of anilines is 1. The number of nitrogens with one attached hydrogen (secondary N) is 1. The molecule has 1 amide bonds. The van der Waals surface area contributed by atoms with Crippen LogP contribution >= 0.6 is 24.0 Å². The van der Waals surface area contributed by atoms with E-state index in [4.69, 9.17) is 21.7 Å². The number of pyridine rings is 1. The smallest absolute Gasteiger partial charge is 0.267 e. The van der Waals surface area contributed by atoms with Crippen molar-refractivity contribution in [3.8, 4) is 0 Å². The number of aromatic nitrogens is 2. The maximum absolute atomic E-state index is 13.3. The molecule has 8 nitrogen and oxygen atoms in total. The molecule has 1 aliphatic rings. The molecule has 0 atom stereocenters. The number of furan rings is 1. The molecule has 1 saturated heterocycles. The fourth-order valence-corrected chi connectivity index (χ4v) is 4.43. The van der Waals surface area contributed by atoms with E-state index in [1.165, 1.54) is 21.6 Å². The second-order valence-electron chi connectivity index (χ2n) is 6.92. The molecule has 4 heterocycles. The summed E-state index contributed by atoms with van der Waals surface area (Å²) in [5.74, 6) is 0.692. The van der Waals surface area contributed by atoms with Gasteiger partial charge in [0.25, 0.3) is 11.5 Å². The number of carbonyl (C=O) groups is 1. The number of aliphatic hydroxyl groups excluding tert-OH is 1. The normalized spacial score (nSPS) is 15.4. The van der Waals surface area contributed by atoms with Crippen molar-refractivity contribution >= 4 is 51.7 Å². The van der Waals surface area contributed by atoms with Crippen molar-refractivity contribution in [1.29, 1.82) is 0 Å². The zero-order valence-electron chi connectivity index (χ0n) is 16.7. The number of thiocarbonyl (C=S) groups is 1. The first kappa shape index (κ1) is 21.3. The van der Waals surface area contributed by atoms with Crippen LogP contribution in [0.15, 0.2) is 50.8 Å². The van der Waals surface area contributed by atoms with Crippen LogP contribution in [0.25, 0.3) is 11.7 Å². The van der Waals surface area contributed by atoms with Crippen molar-refractivity contribution < 1.29 is 14.3 Å². The molecule has 0 spiro atoms. The van der Waals surface area contributed by atoms with Crippen molar-refractivity contribution in [2.24, 2.45) is 0 Å². The summed E-state index contributed by atoms with van der Waals surface area (Å²) >= 11 is 6.51. The first-order valence-electron chi connectivity index (χ1n) is 9.64. The van der Waals surface area contributed by atoms with Gasteiger partial charge in [0, 0.05) is 19.3 Å². The Hall–Kier alpha value is -2.95. The van der Waals surface area contributed by atoms with Crippen LogP contribution in [0.4, 0.5) is 5.82 Å². The number of thioether (sulfide) groups is 1. The first-order chi connectivity index (χ1) is 15.0. The summed E-state index contributed by atoms with van der Waals surface area (Å²) in [5.41, 5.74) is 1.35. The van der Waals surface area contributed by atoms with Crippen LogP contribution in [0.3, 0.4) is 0 Å². The topological polar surface area (TPSA) is 100 Å². The lowest BCUT2D eigenvalue weighted by atomic mass is 10.2. The highest BCUT2D eigenvalue weighted by Crippen LogP contribution is 2.34. The number of hydrogen-bond donors (Lipinski definition) is 2. The zero-order valence-corrected chi connectivity index (χ0v) is 18.3. The molecule has 10 heteroatoms. The third-order valence-corrected chi connectivity index (χ3v) is 6.13. The molecule has 3 aromatic rings. The quantitative estimate of drug-likeness (QED) is 0.318. The third-order valence-electron chi connectivity index (χ3n) is 4.75. The van der Waals surface area contributed by atoms with Crippen molar-refractivity contribution in [3.63, 3.8) is 0 Å². The van der Waals surface area contributed by atoms with E-state index in [9.17, 15) is 9.59 Å². The van der Waals surface area contributed by atoms with E-state index in [1.807, 2.05) is 13.0 Å². The Balaban J connectivity index is 1.75. The SMILES string of the molecule is Cc1cccn2c(=O)c(/C=C3/SC(=S)N(Cc4ccco4)C3=O)c(NCCCO)nc12. The highest BCUT2D eigenvalue weighted by molar-refractivity contribution is 8.26. The average Bonchev–Trinajstić information content (AvgIpc) is 3.35. The number of carbonyl (C=O) groups excluding carboxylic acids is 1. The molecule has 1 fully saturated rings. The highest BCUT2D eigenvalue weighted by Gasteiger charge is 2.33. The highest BCUT2D eigenvalue weighted by atomic mass is 32.2. The summed E-state index contributed by atoms with van der Waals surface area (Å²) in [6.45, 7) is 2.55. The van der Waals surface area contributed by atoms with Crippen LogP contribution < -0.4 is 10.9 Å². The van der Waals surface area contributed by atoms with Gasteiger partial charge in [-0.05, 0) is 43.2 Å². The van der Waals surface area contributed by atoms with Crippen LogP contribution in [0, 0.1) is 6.92 Å². The van der Waals surface area contributed by atoms with Crippen LogP contribution in [-0.4, -0.2) is 42.8 Å². The van der Waals surface area contributed by atoms with E-state index in [-0.39, 0.29) is 30.2 Å². The summed E-state index contributed by atoms with van der Waals surface area (Å²) < 4.78 is 7.18. The Morgan fingerprint density at radius 2 is 2.16 bits per heavy atom. The van der Waals surface area contributed by atoms with Crippen LogP contribution in [0.1, 0.15) is 23.3 Å². The first-order valence-corrected chi connectivity index (χ1v) is 10.9. The van der Waals surface area contributed by atoms with Gasteiger partial charge >= 0.3 is 0 Å². The number of fused-ring (bicyclic) bond motifs is 1. The zero-order chi connectivity index (χ0) is 22.0. The molecule has 4 rings (SSSR count). The summed E-state index contributed by atoms with van der Waals surface area (Å²) in [4.78, 5) is 32.6. The lowest BCUT2D eigenvalue weighted by molar-refractivity contribution is -0.122. The molecule has 0 radical (unpaired) electrons. The van der Waals surface area contributed by atoms with Gasteiger partial charge < -0.3 is 14.8 Å². The lowest BCUT2D eigenvalue weighted by Gasteiger charge is -2.13. The van der Waals surface area contributed by atoms with Gasteiger partial charge in [0.15, 0.2) is 0 Å². The lowest BCUT2D eigenvalue weighted by Crippen LogP contribution is -2.27. The molecule has 1 aliphatic heterocycles. The second-order valence-corrected chi connectivity index (χ2v) is 8.59. The number of nitrogens with zero attached hydrogens (tertiary/aromatic N) is 3. The molecular formula is C21H20N4O4S2. The van der Waals surface area contributed by atoms with Gasteiger partial charge in [-0.15, -0.1) is 0 Å². The predicted octanol–water partition coefficient (Wildman–Crippen LogP) is 2.79. The van der Waals surface area contributed by atoms with Crippen molar-refractivity contribution in [1.82, 2.24) is 14.3 Å². The van der Waals surface area contributed by atoms with Crippen LogP contribution in [-0.2, 0) is 11.3 Å². The van der Waals surface area contributed by atoms with Gasteiger partial charge in [0.1, 0.15) is 21.5 Å². The second kappa shape index (κ2) is 9.04. The molecule has 0 aromatic carbocycles. The fourth-order valence-electron chi connectivity index (χ4n) is 3.19. The number of aliphatic hydroxyl groups is 1. The average molecular weight is 457 g/mol. The number of hydrogen-bond acceptors (Lipinski definition) is 8. The molecule has 31 heavy (non-hydrogen) atoms. The Labute approximate surface area is 187 Å². The Kier molecular flexibility index (Phi) is 6.21. The maximum Gasteiger partial charge on any atom is 0.267 e. The summed E-state index contributed by atoms with van der Waals surface area (Å²) in [5, 5.41) is 12.2. The summed E-state index contributed by atoms with van der Waals surface area (Å²) in [6, 6.07) is 7.17. The fraction of sp³-hybridized carbons (Fsp3) is 0.238. The van der Waals surface area contributed by atoms with E-state index in [1.54, 1.807) is 24.4 Å². The Bertz CT molecular complexity index is 1230. The maximum atomic E-state index is 13.3. The monoisotopic (exact) mass is 456 g/mol. The summed E-state index contributed by atoms with van der Waals surface area (Å²) in [7, 11) is 0. The minimum Gasteiger partial charge on any atom is -0.467 e. The number of rotatable bonds is 7. The van der Waals surface area contributed by atoms with Gasteiger partial charge in [0.2, 0.25) is 0 Å². The number of amides is 1. The molecule has 0 aliphatic carbocycles. The van der Waals surface area contributed by atoms with Gasteiger partial charge in [0.05, 0.1) is 23.3 Å². The summed E-state index contributed by atoms with van der Waals surface area (Å²) in [6.07, 6.45) is 5.22. The predicted molar refractivity (Wildman–Crippen MR) is 124 cm³/mol. The minimum atomic E-state index is -0.295. The molecular weight excluding hydrogens is 436 g/mol. The number of aryl methyl sites for hydroxylation is 1. The molecule has 0 unspecified atom stereocenters. The van der Waals surface area contributed by atoms with E-state index >= 15 is 0 Å². The molecule has 2 N–H and O–H groups in total. The van der Waals surface area contributed by atoms with Crippen LogP contribution in [0.5, 0.6) is 0 Å². The van der Waals surface area contributed by atoms with Crippen molar-refractivity contribution in [2.75, 3.05) is 18.5 Å². The molecule has 160 valence electrons. The van der Waals surface area contributed by atoms with E-state index in [2.05, 4.69) is 10.3 Å². The van der Waals surface area contributed by atoms with Crippen molar-refractivity contribution in [2.45, 2.75) is 19.9 Å². The Morgan fingerprint density at radius 3 is 2.90 bits per heavy atom. The van der Waals surface area contributed by atoms with Crippen LogP contribution in [0.2, 0.25) is 0 Å². The van der Waals surface area contributed by atoms with E-state index < -0.39 is 0 Å². The standard InChI is InChI=1S/C21H20N4O4S2/c1-13-5-2-8-24-18(13)23-17(22-7-4-9-26)15(19(24)27)11-16-20(28)25(21(30)31-16)12-14-6-3-10-29-14/h2-3,5-6,8,10-11,22,26H,4,7,9,12H2,1H3/b16-11+. The minimum absolute atomic E-state index is 0.0133. The van der Waals surface area contributed by atoms with E-state index in [0.717, 1.165) is 17.3 Å². The largest absolute Gasteiger partial charge is 0.467 e. The molecule has 3 aromatic heterocycles. The van der Waals surface area contributed by atoms with E-state index in [0.29, 0.717) is 39.4 Å². The van der Waals surface area contributed by atoms with Gasteiger partial charge in [-0.1, -0.05) is 30.0 Å². The third kappa shape index (κ3) is 4.27. The molecule has 0 bridgehead atoms. The molecule has 0 saturated carbocycles. The van der Waals surface area contributed by atoms with Gasteiger partial charge in [-0.3, -0.25) is 18.9 Å². The van der Waals surface area contributed by atoms with Gasteiger partial charge in [-0.2, -0.15) is 0 Å². The Morgan fingerprint density at radius 1 is 1.32 bits per heavy atom.